The lowest BCUT2D eigenvalue weighted by Gasteiger charge is -2.13. The quantitative estimate of drug-likeness (QED) is 0.294. The molecule has 2 N–H and O–H groups in total. The first-order valence-corrected chi connectivity index (χ1v) is 3.73. The Morgan fingerprint density at radius 1 is 1.55 bits per heavy atom. The van der Waals surface area contributed by atoms with Gasteiger partial charge in [0.05, 0.1) is 5.04 Å². The lowest BCUT2D eigenvalue weighted by Crippen LogP contribution is -2.23. The molecule has 0 radical (unpaired) electrons. The molecule has 0 aromatic heterocycles. The average Bonchev–Trinajstić information content (AvgIpc) is 1.85. The summed E-state index contributed by atoms with van der Waals surface area (Å²) in [5.41, 5.74) is 0. The summed E-state index contributed by atoms with van der Waals surface area (Å²) in [5.74, 6) is 4.76. The summed E-state index contributed by atoms with van der Waals surface area (Å²) in [4.78, 5) is 0. The number of hydrogen-bond acceptors (Lipinski definition) is 3. The minimum Gasteiger partial charge on any atom is -0.323 e. The molecule has 0 rings (SSSR count). The van der Waals surface area contributed by atoms with E-state index >= 15 is 0 Å². The van der Waals surface area contributed by atoms with Gasteiger partial charge >= 0.3 is 6.18 Å². The van der Waals surface area contributed by atoms with Crippen molar-refractivity contribution in [3.8, 4) is 0 Å². The summed E-state index contributed by atoms with van der Waals surface area (Å²) in [5, 5.41) is 1.90. The third kappa shape index (κ3) is 4.13. The Morgan fingerprint density at radius 3 is 2.27 bits per heavy atom. The molecule has 2 nitrogen and oxygen atoms in total. The molecule has 0 heterocycles. The molecular formula is C5H9F3N2S. The molecule has 1 unspecified atom stereocenters. The molecule has 0 spiro atoms. The van der Waals surface area contributed by atoms with Crippen LogP contribution in [0.25, 0.3) is 0 Å². The summed E-state index contributed by atoms with van der Waals surface area (Å²) in [6.45, 7) is 2.51. The number of nitrogens with two attached hydrogens (primary N) is 1. The van der Waals surface area contributed by atoms with Gasteiger partial charge in [0.25, 0.3) is 0 Å². The summed E-state index contributed by atoms with van der Waals surface area (Å²) < 4.78 is 35.5. The minimum absolute atomic E-state index is 0.231. The fourth-order valence-electron chi connectivity index (χ4n) is 0.353. The Balaban J connectivity index is 3.98. The van der Waals surface area contributed by atoms with Crippen LogP contribution in [0.15, 0.2) is 5.10 Å². The van der Waals surface area contributed by atoms with E-state index in [-0.39, 0.29) is 5.04 Å². The Kier molecular flexibility index (Phi) is 3.71. The number of halogens is 3. The highest BCUT2D eigenvalue weighted by Gasteiger charge is 2.36. The van der Waals surface area contributed by atoms with Crippen LogP contribution in [0.4, 0.5) is 13.2 Å². The van der Waals surface area contributed by atoms with Gasteiger partial charge in [0, 0.05) is 0 Å². The zero-order chi connectivity index (χ0) is 9.07. The summed E-state index contributed by atoms with van der Waals surface area (Å²) in [6.07, 6.45) is -4.18. The first kappa shape index (κ1) is 10.6. The highest BCUT2D eigenvalue weighted by molar-refractivity contribution is 8.14. The maximum absolute atomic E-state index is 11.8. The molecule has 0 aromatic carbocycles. The average molecular weight is 186 g/mol. The summed E-state index contributed by atoms with van der Waals surface area (Å²) in [7, 11) is 0. The van der Waals surface area contributed by atoms with Gasteiger partial charge in [-0.1, -0.05) is 11.8 Å². The first-order valence-electron chi connectivity index (χ1n) is 2.85. The second-order valence-electron chi connectivity index (χ2n) is 1.95. The predicted molar refractivity (Wildman–Crippen MR) is 40.4 cm³/mol. The summed E-state index contributed by atoms with van der Waals surface area (Å²) in [6, 6.07) is 0. The predicted octanol–water partition coefficient (Wildman–Crippen LogP) is 1.96. The van der Waals surface area contributed by atoms with Crippen LogP contribution in [-0.2, 0) is 0 Å². The Morgan fingerprint density at radius 2 is 2.00 bits per heavy atom. The molecule has 66 valence electrons. The molecule has 11 heavy (non-hydrogen) atoms. The summed E-state index contributed by atoms with van der Waals surface area (Å²) >= 11 is 0.606. The lowest BCUT2D eigenvalue weighted by atomic mass is 10.5. The van der Waals surface area contributed by atoms with Crippen LogP contribution in [0.3, 0.4) is 0 Å². The SMILES string of the molecule is C/C(=N/N)SC(C)C(F)(F)F. The van der Waals surface area contributed by atoms with Crippen molar-refractivity contribution in [3.05, 3.63) is 0 Å². The van der Waals surface area contributed by atoms with Gasteiger partial charge in [-0.15, -0.1) is 0 Å². The van der Waals surface area contributed by atoms with Crippen molar-refractivity contribution in [2.45, 2.75) is 25.3 Å². The molecular weight excluding hydrogens is 177 g/mol. The first-order chi connectivity index (χ1) is 4.88. The van der Waals surface area contributed by atoms with Crippen molar-refractivity contribution in [1.82, 2.24) is 0 Å². The van der Waals surface area contributed by atoms with Crippen LogP contribution in [0, 0.1) is 0 Å². The molecule has 0 bridgehead atoms. The van der Waals surface area contributed by atoms with E-state index in [1.54, 1.807) is 0 Å². The normalized spacial score (nSPS) is 16.6. The topological polar surface area (TPSA) is 38.4 Å². The largest absolute Gasteiger partial charge is 0.400 e. The van der Waals surface area contributed by atoms with Gasteiger partial charge in [0.15, 0.2) is 0 Å². The lowest BCUT2D eigenvalue weighted by molar-refractivity contribution is -0.125. The van der Waals surface area contributed by atoms with E-state index in [4.69, 9.17) is 5.84 Å². The van der Waals surface area contributed by atoms with E-state index in [1.165, 1.54) is 6.92 Å². The van der Waals surface area contributed by atoms with Crippen LogP contribution in [-0.4, -0.2) is 16.5 Å². The Hall–Kier alpha value is -0.390. The number of alkyl halides is 3. The smallest absolute Gasteiger partial charge is 0.323 e. The van der Waals surface area contributed by atoms with Crippen LogP contribution in [0.1, 0.15) is 13.8 Å². The second kappa shape index (κ2) is 3.85. The number of hydrazone groups is 1. The molecule has 6 heteroatoms. The van der Waals surface area contributed by atoms with Gasteiger partial charge in [-0.25, -0.2) is 0 Å². The fourth-order valence-corrected chi connectivity index (χ4v) is 1.06. The van der Waals surface area contributed by atoms with Crippen molar-refractivity contribution in [1.29, 1.82) is 0 Å². The zero-order valence-corrected chi connectivity index (χ0v) is 6.96. The minimum atomic E-state index is -4.18. The molecule has 0 fully saturated rings. The standard InChI is InChI=1S/C5H9F3N2S/c1-3(5(6,7)8)11-4(2)10-9/h3H,9H2,1-2H3/b10-4-. The van der Waals surface area contributed by atoms with Crippen molar-refractivity contribution in [2.24, 2.45) is 10.9 Å². The third-order valence-electron chi connectivity index (χ3n) is 0.990. The third-order valence-corrected chi connectivity index (χ3v) is 2.06. The number of nitrogens with zero attached hydrogens (tertiary/aromatic N) is 1. The molecule has 0 saturated carbocycles. The van der Waals surface area contributed by atoms with Crippen molar-refractivity contribution in [2.75, 3.05) is 0 Å². The molecule has 0 saturated heterocycles. The molecule has 1 atom stereocenters. The highest BCUT2D eigenvalue weighted by Crippen LogP contribution is 2.30. The maximum atomic E-state index is 11.8. The molecule has 0 aliphatic heterocycles. The number of thioether (sulfide) groups is 1. The van der Waals surface area contributed by atoms with Gasteiger partial charge in [-0.05, 0) is 13.8 Å². The highest BCUT2D eigenvalue weighted by atomic mass is 32.2. The van der Waals surface area contributed by atoms with Crippen molar-refractivity contribution in [3.63, 3.8) is 0 Å². The number of hydrogen-bond donors (Lipinski definition) is 1. The molecule has 0 aliphatic rings. The second-order valence-corrected chi connectivity index (χ2v) is 3.48. The van der Waals surface area contributed by atoms with E-state index in [9.17, 15) is 13.2 Å². The van der Waals surface area contributed by atoms with Crippen LogP contribution < -0.4 is 5.84 Å². The fraction of sp³-hybridized carbons (Fsp3) is 0.800. The van der Waals surface area contributed by atoms with Gasteiger partial charge in [-0.2, -0.15) is 18.3 Å². The van der Waals surface area contributed by atoms with Gasteiger partial charge in [0.1, 0.15) is 5.25 Å². The van der Waals surface area contributed by atoms with Gasteiger partial charge in [-0.3, -0.25) is 0 Å². The Bertz CT molecular complexity index is 154. The maximum Gasteiger partial charge on any atom is 0.400 e. The van der Waals surface area contributed by atoms with Gasteiger partial charge < -0.3 is 5.84 Å². The van der Waals surface area contributed by atoms with E-state index in [2.05, 4.69) is 5.10 Å². The Labute approximate surface area is 67.0 Å². The van der Waals surface area contributed by atoms with Crippen LogP contribution >= 0.6 is 11.8 Å². The van der Waals surface area contributed by atoms with E-state index < -0.39 is 11.4 Å². The monoisotopic (exact) mass is 186 g/mol. The van der Waals surface area contributed by atoms with Crippen molar-refractivity contribution < 1.29 is 13.2 Å². The van der Waals surface area contributed by atoms with Gasteiger partial charge in [0.2, 0.25) is 0 Å². The number of rotatable bonds is 1. The van der Waals surface area contributed by atoms with E-state index in [0.717, 1.165) is 6.92 Å². The van der Waals surface area contributed by atoms with E-state index in [0.29, 0.717) is 11.8 Å². The van der Waals surface area contributed by atoms with E-state index in [1.807, 2.05) is 0 Å². The molecule has 0 aromatic rings. The van der Waals surface area contributed by atoms with Crippen LogP contribution in [0.2, 0.25) is 0 Å². The zero-order valence-electron chi connectivity index (χ0n) is 6.14. The molecule has 0 aliphatic carbocycles. The molecule has 0 amide bonds. The van der Waals surface area contributed by atoms with Crippen LogP contribution in [0.5, 0.6) is 0 Å². The van der Waals surface area contributed by atoms with Crippen molar-refractivity contribution >= 4 is 16.8 Å².